The fourth-order valence-electron chi connectivity index (χ4n) is 1.20. The zero-order chi connectivity index (χ0) is 14.9. The second kappa shape index (κ2) is 11.8. The van der Waals surface area contributed by atoms with Gasteiger partial charge in [-0.25, -0.2) is 4.79 Å². The van der Waals surface area contributed by atoms with Crippen LogP contribution in [0, 0.1) is 5.92 Å². The number of ether oxygens (including phenoxy) is 1. The molecule has 20 heavy (non-hydrogen) atoms. The molecular weight excluding hydrogens is 291 g/mol. The largest absolute Gasteiger partial charge is 1.00 e. The molecule has 112 valence electrons. The number of nitrogens with one attached hydrogen (secondary N) is 2. The van der Waals surface area contributed by atoms with E-state index in [1.54, 1.807) is 0 Å². The molecule has 0 spiro atoms. The number of hydrogen-bond acceptors (Lipinski definition) is 5. The number of carbonyl (C=O) groups excluding carboxylic acids is 1. The zero-order valence-corrected chi connectivity index (χ0v) is 15.8. The number of hydrogen-bond donors (Lipinski definition) is 3. The SMILES string of the molecule is CC(C)(C)OC(=O)NCCNCC1CC1.O=C([O-])O.[K+]. The van der Waals surface area contributed by atoms with E-state index in [1.165, 1.54) is 12.8 Å². The molecule has 3 N–H and O–H groups in total. The van der Waals surface area contributed by atoms with E-state index in [1.807, 2.05) is 20.8 Å². The molecule has 0 aromatic rings. The van der Waals surface area contributed by atoms with Crippen molar-refractivity contribution in [1.82, 2.24) is 10.6 Å². The van der Waals surface area contributed by atoms with E-state index >= 15 is 0 Å². The minimum absolute atomic E-state index is 0. The normalized spacial score (nSPS) is 13.3. The van der Waals surface area contributed by atoms with Crippen LogP contribution in [0.15, 0.2) is 0 Å². The summed E-state index contributed by atoms with van der Waals surface area (Å²) >= 11 is 0. The van der Waals surface area contributed by atoms with E-state index in [0.29, 0.717) is 6.54 Å². The van der Waals surface area contributed by atoms with Gasteiger partial charge in [-0.1, -0.05) is 0 Å². The summed E-state index contributed by atoms with van der Waals surface area (Å²) < 4.78 is 5.10. The summed E-state index contributed by atoms with van der Waals surface area (Å²) in [5, 5.41) is 21.3. The summed E-state index contributed by atoms with van der Waals surface area (Å²) in [6.07, 6.45) is 0.287. The molecule has 0 atom stereocenters. The van der Waals surface area contributed by atoms with E-state index < -0.39 is 11.8 Å². The Morgan fingerprint density at radius 1 is 1.30 bits per heavy atom. The van der Waals surface area contributed by atoms with Gasteiger partial charge in [0.1, 0.15) is 5.60 Å². The van der Waals surface area contributed by atoms with Crippen LogP contribution in [-0.2, 0) is 4.74 Å². The standard InChI is InChI=1S/C11H22N2O2.CH2O3.K/c1-11(2,3)15-10(14)13-7-6-12-8-9-4-5-9;2-1(3)4;/h9,12H,4-8H2,1-3H3,(H,13,14);(H2,2,3,4);/q;;+1/p-1. The summed E-state index contributed by atoms with van der Waals surface area (Å²) in [4.78, 5) is 19.7. The van der Waals surface area contributed by atoms with Crippen LogP contribution in [0.25, 0.3) is 0 Å². The average molecular weight is 314 g/mol. The Morgan fingerprint density at radius 2 is 1.80 bits per heavy atom. The van der Waals surface area contributed by atoms with Crippen LogP contribution < -0.4 is 67.1 Å². The van der Waals surface area contributed by atoms with Gasteiger partial charge < -0.3 is 30.4 Å². The Bertz CT molecular complexity index is 286. The summed E-state index contributed by atoms with van der Waals surface area (Å²) in [5.41, 5.74) is -0.411. The molecule has 0 saturated heterocycles. The Kier molecular flexibility index (Phi) is 13.2. The predicted octanol–water partition coefficient (Wildman–Crippen LogP) is -2.60. The number of rotatable bonds is 5. The van der Waals surface area contributed by atoms with Crippen molar-refractivity contribution >= 4 is 12.2 Å². The molecule has 1 aliphatic carbocycles. The van der Waals surface area contributed by atoms with Crippen molar-refractivity contribution < 1.29 is 75.9 Å². The number of carboxylic acid groups (broad SMARTS) is 2. The van der Waals surface area contributed by atoms with Crippen LogP contribution in [0.2, 0.25) is 0 Å². The Hall–Kier alpha value is 0.136. The van der Waals surface area contributed by atoms with Crippen molar-refractivity contribution in [2.45, 2.75) is 39.2 Å². The van der Waals surface area contributed by atoms with Gasteiger partial charge in [0.15, 0.2) is 0 Å². The smallest absolute Gasteiger partial charge is 0.565 e. The first-order valence-electron chi connectivity index (χ1n) is 6.28. The third-order valence-corrected chi connectivity index (χ3v) is 2.10. The molecule has 0 unspecified atom stereocenters. The Balaban J connectivity index is 0. The minimum atomic E-state index is -2.08. The predicted molar refractivity (Wildman–Crippen MR) is 67.9 cm³/mol. The fraction of sp³-hybridized carbons (Fsp3) is 0.833. The Morgan fingerprint density at radius 3 is 2.20 bits per heavy atom. The first-order valence-corrected chi connectivity index (χ1v) is 6.28. The molecule has 0 aromatic carbocycles. The number of alkyl carbamates (subject to hydrolysis) is 1. The van der Waals surface area contributed by atoms with Gasteiger partial charge in [0.05, 0.1) is 0 Å². The molecule has 0 aromatic heterocycles. The van der Waals surface area contributed by atoms with Crippen molar-refractivity contribution in [2.24, 2.45) is 5.92 Å². The van der Waals surface area contributed by atoms with Gasteiger partial charge >= 0.3 is 57.5 Å². The molecule has 7 nitrogen and oxygen atoms in total. The first-order chi connectivity index (χ1) is 8.70. The molecule has 0 heterocycles. The fourth-order valence-corrected chi connectivity index (χ4v) is 1.20. The van der Waals surface area contributed by atoms with Gasteiger partial charge in [0.25, 0.3) is 0 Å². The number of carbonyl (C=O) groups is 2. The van der Waals surface area contributed by atoms with E-state index in [0.717, 1.165) is 19.0 Å². The van der Waals surface area contributed by atoms with Gasteiger partial charge in [-0.3, -0.25) is 0 Å². The van der Waals surface area contributed by atoms with Gasteiger partial charge in [-0.2, -0.15) is 0 Å². The second-order valence-corrected chi connectivity index (χ2v) is 5.34. The maximum absolute atomic E-state index is 11.2. The van der Waals surface area contributed by atoms with Crippen LogP contribution in [0.3, 0.4) is 0 Å². The van der Waals surface area contributed by atoms with Crippen molar-refractivity contribution in [3.8, 4) is 0 Å². The van der Waals surface area contributed by atoms with Crippen molar-refractivity contribution in [1.29, 1.82) is 0 Å². The van der Waals surface area contributed by atoms with E-state index in [2.05, 4.69) is 10.6 Å². The molecule has 1 aliphatic rings. The molecule has 1 fully saturated rings. The van der Waals surface area contributed by atoms with E-state index in [-0.39, 0.29) is 57.5 Å². The summed E-state index contributed by atoms with van der Waals surface area (Å²) in [6, 6.07) is 0. The van der Waals surface area contributed by atoms with Crippen molar-refractivity contribution in [3.05, 3.63) is 0 Å². The maximum atomic E-state index is 11.2. The summed E-state index contributed by atoms with van der Waals surface area (Å²) in [6.45, 7) is 8.10. The molecule has 1 amide bonds. The summed E-state index contributed by atoms with van der Waals surface area (Å²) in [7, 11) is 0. The zero-order valence-electron chi connectivity index (χ0n) is 12.7. The number of amides is 1. The molecular formula is C12H23KN2O5. The Labute approximate surface area is 162 Å². The quantitative estimate of drug-likeness (QED) is 0.379. The monoisotopic (exact) mass is 314 g/mol. The van der Waals surface area contributed by atoms with Gasteiger partial charge in [0, 0.05) is 13.1 Å². The minimum Gasteiger partial charge on any atom is -0.565 e. The summed E-state index contributed by atoms with van der Waals surface area (Å²) in [5.74, 6) is 0.881. The molecule has 1 saturated carbocycles. The van der Waals surface area contributed by atoms with E-state index in [4.69, 9.17) is 19.7 Å². The van der Waals surface area contributed by atoms with Crippen LogP contribution >= 0.6 is 0 Å². The van der Waals surface area contributed by atoms with Gasteiger partial charge in [0.2, 0.25) is 6.16 Å². The third kappa shape index (κ3) is 20.5. The van der Waals surface area contributed by atoms with Crippen molar-refractivity contribution in [2.75, 3.05) is 19.6 Å². The van der Waals surface area contributed by atoms with Crippen molar-refractivity contribution in [3.63, 3.8) is 0 Å². The molecule has 0 bridgehead atoms. The third-order valence-electron chi connectivity index (χ3n) is 2.10. The van der Waals surface area contributed by atoms with Crippen LogP contribution in [0.1, 0.15) is 33.6 Å². The topological polar surface area (TPSA) is 111 Å². The van der Waals surface area contributed by atoms with Crippen LogP contribution in [-0.4, -0.2) is 42.6 Å². The van der Waals surface area contributed by atoms with E-state index in [9.17, 15) is 4.79 Å². The molecule has 1 rings (SSSR count). The van der Waals surface area contributed by atoms with Gasteiger partial charge in [-0.15, -0.1) is 0 Å². The van der Waals surface area contributed by atoms with Crippen LogP contribution in [0.5, 0.6) is 0 Å². The molecule has 0 radical (unpaired) electrons. The maximum Gasteiger partial charge on any atom is 1.00 e. The molecule has 0 aliphatic heterocycles. The molecule has 8 heteroatoms. The average Bonchev–Trinajstić information content (AvgIpc) is 2.97. The van der Waals surface area contributed by atoms with Gasteiger partial charge in [-0.05, 0) is 46.1 Å². The second-order valence-electron chi connectivity index (χ2n) is 5.34. The van der Waals surface area contributed by atoms with Crippen LogP contribution in [0.4, 0.5) is 9.59 Å². The first kappa shape index (κ1) is 22.4.